The molecule has 0 unspecified atom stereocenters. The van der Waals surface area contributed by atoms with E-state index in [0.717, 1.165) is 22.9 Å². The zero-order valence-corrected chi connectivity index (χ0v) is 22.9. The summed E-state index contributed by atoms with van der Waals surface area (Å²) in [6.07, 6.45) is 1.58. The Bertz CT molecular complexity index is 1200. The van der Waals surface area contributed by atoms with Crippen LogP contribution in [-0.2, 0) is 11.2 Å². The molecule has 1 aliphatic rings. The van der Waals surface area contributed by atoms with E-state index in [-0.39, 0.29) is 36.8 Å². The van der Waals surface area contributed by atoms with Gasteiger partial charge in [0.2, 0.25) is 5.91 Å². The van der Waals surface area contributed by atoms with E-state index in [4.69, 9.17) is 4.74 Å². The quantitative estimate of drug-likeness (QED) is 0.300. The molecule has 0 bridgehead atoms. The predicted octanol–water partition coefficient (Wildman–Crippen LogP) is 6.34. The molecule has 0 saturated heterocycles. The first-order chi connectivity index (χ1) is 17.3. The van der Waals surface area contributed by atoms with Crippen LogP contribution < -0.4 is 4.74 Å². The molecule has 4 rings (SSSR count). The van der Waals surface area contributed by atoms with Crippen molar-refractivity contribution in [3.63, 3.8) is 0 Å². The predicted molar refractivity (Wildman–Crippen MR) is 144 cm³/mol. The third-order valence-corrected chi connectivity index (χ3v) is 7.79. The van der Waals surface area contributed by atoms with Crippen LogP contribution in [0.2, 0.25) is 0 Å². The molecule has 0 N–H and O–H groups in total. The van der Waals surface area contributed by atoms with Crippen LogP contribution in [-0.4, -0.2) is 47.9 Å². The maximum Gasteiger partial charge on any atom is 0.254 e. The second-order valence-corrected chi connectivity index (χ2v) is 11.3. The Morgan fingerprint density at radius 1 is 1.19 bits per heavy atom. The molecule has 0 saturated carbocycles. The molecule has 0 aliphatic carbocycles. The van der Waals surface area contributed by atoms with Crippen LogP contribution in [0.3, 0.4) is 0 Å². The van der Waals surface area contributed by atoms with E-state index < -0.39 is 0 Å². The van der Waals surface area contributed by atoms with Crippen molar-refractivity contribution < 1.29 is 18.7 Å². The maximum atomic E-state index is 13.7. The van der Waals surface area contributed by atoms with E-state index in [1.54, 1.807) is 40.5 Å². The van der Waals surface area contributed by atoms with E-state index >= 15 is 0 Å². The van der Waals surface area contributed by atoms with Crippen LogP contribution in [0.15, 0.2) is 64.5 Å². The SMILES string of the molecule is CC(C)CCN(CC(=O)N1CCc2sccc2[C@@H]1COc1ccc(F)cc1)C(=O)c1cccc(Br)c1. The van der Waals surface area contributed by atoms with Crippen LogP contribution in [0.5, 0.6) is 5.75 Å². The lowest BCUT2D eigenvalue weighted by Gasteiger charge is -2.37. The number of hydrogen-bond acceptors (Lipinski definition) is 4. The first-order valence-electron chi connectivity index (χ1n) is 12.1. The number of thiophene rings is 1. The van der Waals surface area contributed by atoms with Gasteiger partial charge in [0.1, 0.15) is 24.7 Å². The molecular weight excluding hydrogens is 543 g/mol. The average Bonchev–Trinajstić information content (AvgIpc) is 3.34. The molecule has 0 spiro atoms. The number of halogens is 2. The van der Waals surface area contributed by atoms with Crippen molar-refractivity contribution in [2.45, 2.75) is 32.7 Å². The topological polar surface area (TPSA) is 49.9 Å². The van der Waals surface area contributed by atoms with Crippen molar-refractivity contribution in [2.75, 3.05) is 26.2 Å². The van der Waals surface area contributed by atoms with Gasteiger partial charge in [0, 0.05) is 28.0 Å². The number of nitrogens with zero attached hydrogens (tertiary/aromatic N) is 2. The molecule has 8 heteroatoms. The Kier molecular flexibility index (Phi) is 8.80. The smallest absolute Gasteiger partial charge is 0.254 e. The van der Waals surface area contributed by atoms with Gasteiger partial charge in [-0.1, -0.05) is 35.8 Å². The van der Waals surface area contributed by atoms with Crippen molar-refractivity contribution in [1.82, 2.24) is 9.80 Å². The van der Waals surface area contributed by atoms with Gasteiger partial charge in [0.05, 0.1) is 6.04 Å². The first kappa shape index (κ1) is 26.4. The number of carbonyl (C=O) groups excluding carboxylic acids is 2. The largest absolute Gasteiger partial charge is 0.491 e. The monoisotopic (exact) mass is 572 g/mol. The molecule has 5 nitrogen and oxygen atoms in total. The normalized spacial score (nSPS) is 15.0. The molecule has 2 amide bonds. The molecule has 190 valence electrons. The Labute approximate surface area is 224 Å². The highest BCUT2D eigenvalue weighted by Crippen LogP contribution is 2.34. The van der Waals surface area contributed by atoms with Gasteiger partial charge in [-0.3, -0.25) is 9.59 Å². The van der Waals surface area contributed by atoms with Crippen LogP contribution >= 0.6 is 27.3 Å². The highest BCUT2D eigenvalue weighted by Gasteiger charge is 2.33. The third-order valence-electron chi connectivity index (χ3n) is 6.30. The third kappa shape index (κ3) is 6.53. The van der Waals surface area contributed by atoms with E-state index in [1.807, 2.05) is 28.5 Å². The van der Waals surface area contributed by atoms with Crippen molar-refractivity contribution in [3.8, 4) is 5.75 Å². The lowest BCUT2D eigenvalue weighted by molar-refractivity contribution is -0.135. The Morgan fingerprint density at radius 2 is 1.97 bits per heavy atom. The lowest BCUT2D eigenvalue weighted by Crippen LogP contribution is -2.48. The Hall–Kier alpha value is -2.71. The standard InChI is InChI=1S/C28H30BrFN2O3S/c1-19(2)10-13-31(28(34)20-4-3-5-21(29)16-20)17-27(33)32-14-11-26-24(12-15-36-26)25(32)18-35-23-8-6-22(30)7-9-23/h3-9,12,15-16,19,25H,10-11,13-14,17-18H2,1-2H3/t25-/m0/s1. The fourth-order valence-corrected chi connectivity index (χ4v) is 5.63. The number of carbonyl (C=O) groups is 2. The van der Waals surface area contributed by atoms with E-state index in [1.165, 1.54) is 17.0 Å². The Balaban J connectivity index is 1.53. The van der Waals surface area contributed by atoms with Gasteiger partial charge in [-0.05, 0) is 78.2 Å². The minimum absolute atomic E-state index is 0.00455. The molecule has 3 aromatic rings. The highest BCUT2D eigenvalue weighted by atomic mass is 79.9. The maximum absolute atomic E-state index is 13.7. The summed E-state index contributed by atoms with van der Waals surface area (Å²) in [6.45, 7) is 5.54. The van der Waals surface area contributed by atoms with Gasteiger partial charge in [0.25, 0.3) is 5.91 Å². The molecule has 1 aromatic heterocycles. The summed E-state index contributed by atoms with van der Waals surface area (Å²) >= 11 is 5.12. The van der Waals surface area contributed by atoms with Gasteiger partial charge >= 0.3 is 0 Å². The van der Waals surface area contributed by atoms with E-state index in [2.05, 4.69) is 29.8 Å². The van der Waals surface area contributed by atoms with Crippen molar-refractivity contribution in [3.05, 3.63) is 86.3 Å². The highest BCUT2D eigenvalue weighted by molar-refractivity contribution is 9.10. The first-order valence-corrected chi connectivity index (χ1v) is 13.8. The van der Waals surface area contributed by atoms with E-state index in [9.17, 15) is 14.0 Å². The zero-order valence-electron chi connectivity index (χ0n) is 20.5. The van der Waals surface area contributed by atoms with Crippen LogP contribution in [0.25, 0.3) is 0 Å². The number of rotatable bonds is 9. The van der Waals surface area contributed by atoms with Gasteiger partial charge < -0.3 is 14.5 Å². The number of benzene rings is 2. The van der Waals surface area contributed by atoms with Gasteiger partial charge in [-0.25, -0.2) is 4.39 Å². The summed E-state index contributed by atoms with van der Waals surface area (Å²) in [4.78, 5) is 31.8. The fraction of sp³-hybridized carbons (Fsp3) is 0.357. The van der Waals surface area contributed by atoms with Gasteiger partial charge in [0.15, 0.2) is 0 Å². The minimum atomic E-state index is -0.325. The van der Waals surface area contributed by atoms with Crippen LogP contribution in [0, 0.1) is 11.7 Å². The summed E-state index contributed by atoms with van der Waals surface area (Å²) in [5.74, 6) is 0.366. The molecule has 0 fully saturated rings. The summed E-state index contributed by atoms with van der Waals surface area (Å²) in [7, 11) is 0. The summed E-state index contributed by atoms with van der Waals surface area (Å²) in [6, 6.07) is 14.9. The number of fused-ring (bicyclic) bond motifs is 1. The number of ether oxygens (including phenoxy) is 1. The molecule has 0 radical (unpaired) electrons. The second kappa shape index (κ2) is 12.0. The van der Waals surface area contributed by atoms with Crippen molar-refractivity contribution >= 4 is 39.1 Å². The zero-order chi connectivity index (χ0) is 25.7. The average molecular weight is 574 g/mol. The van der Waals surface area contributed by atoms with Gasteiger partial charge in [-0.2, -0.15) is 0 Å². The second-order valence-electron chi connectivity index (χ2n) is 9.34. The summed E-state index contributed by atoms with van der Waals surface area (Å²) in [5, 5.41) is 2.04. The van der Waals surface area contributed by atoms with E-state index in [0.29, 0.717) is 30.3 Å². The number of amides is 2. The van der Waals surface area contributed by atoms with Crippen molar-refractivity contribution in [1.29, 1.82) is 0 Å². The summed E-state index contributed by atoms with van der Waals surface area (Å²) in [5.41, 5.74) is 1.63. The van der Waals surface area contributed by atoms with Crippen molar-refractivity contribution in [2.24, 2.45) is 5.92 Å². The van der Waals surface area contributed by atoms with Crippen LogP contribution in [0.1, 0.15) is 47.1 Å². The molecular formula is C28H30BrFN2O3S. The molecule has 1 aliphatic heterocycles. The molecule has 2 heterocycles. The lowest BCUT2D eigenvalue weighted by atomic mass is 10.00. The molecule has 1 atom stereocenters. The Morgan fingerprint density at radius 3 is 2.69 bits per heavy atom. The fourth-order valence-electron chi connectivity index (χ4n) is 4.31. The van der Waals surface area contributed by atoms with Gasteiger partial charge in [-0.15, -0.1) is 11.3 Å². The molecule has 36 heavy (non-hydrogen) atoms. The van der Waals surface area contributed by atoms with Crippen LogP contribution in [0.4, 0.5) is 4.39 Å². The number of hydrogen-bond donors (Lipinski definition) is 0. The molecule has 2 aromatic carbocycles. The summed E-state index contributed by atoms with van der Waals surface area (Å²) < 4.78 is 20.1. The minimum Gasteiger partial charge on any atom is -0.491 e.